The molecule has 2 amide bonds. The van der Waals surface area contributed by atoms with Gasteiger partial charge in [0, 0.05) is 84.8 Å². The second-order valence-electron chi connectivity index (χ2n) is 21.1. The summed E-state index contributed by atoms with van der Waals surface area (Å²) in [5, 5.41) is 17.6. The number of ketones is 2. The highest BCUT2D eigenvalue weighted by molar-refractivity contribution is 6.58. The van der Waals surface area contributed by atoms with E-state index in [0.29, 0.717) is 58.9 Å². The average Bonchev–Trinajstić information content (AvgIpc) is 3.87. The van der Waals surface area contributed by atoms with Crippen LogP contribution in [0.3, 0.4) is 0 Å². The van der Waals surface area contributed by atoms with E-state index in [1.165, 1.54) is 5.57 Å². The molecule has 1 spiro atoms. The molecule has 5 aliphatic heterocycles. The Morgan fingerprint density at radius 1 is 0.971 bits per heavy atom. The maximum absolute atomic E-state index is 15.9. The summed E-state index contributed by atoms with van der Waals surface area (Å²) in [6, 6.07) is 1.74. The number of aromatic nitrogens is 1. The summed E-state index contributed by atoms with van der Waals surface area (Å²) >= 11 is 0. The molecule has 15 heteroatoms. The van der Waals surface area contributed by atoms with Crippen molar-refractivity contribution in [3.8, 4) is 17.2 Å². The number of phenols is 1. The molecule has 0 radical (unpaired) electrons. The first-order valence-corrected chi connectivity index (χ1v) is 24.2. The van der Waals surface area contributed by atoms with Crippen LogP contribution in [0.1, 0.15) is 132 Å². The molecule has 69 heavy (non-hydrogen) atoms. The summed E-state index contributed by atoms with van der Waals surface area (Å²) in [7, 11) is 0. The summed E-state index contributed by atoms with van der Waals surface area (Å²) in [5.41, 5.74) is 1.35. The van der Waals surface area contributed by atoms with Gasteiger partial charge in [-0.2, -0.15) is 0 Å². The van der Waals surface area contributed by atoms with Gasteiger partial charge in [-0.25, -0.2) is 0 Å². The number of carbonyl (C=O) groups is 4. The number of hydrogen-bond acceptors (Lipinski definition) is 8. The summed E-state index contributed by atoms with van der Waals surface area (Å²) in [6.07, 6.45) is 18.5. The van der Waals surface area contributed by atoms with E-state index in [0.717, 1.165) is 26.5 Å². The van der Waals surface area contributed by atoms with Gasteiger partial charge in [-0.1, -0.05) is 35.5 Å². The van der Waals surface area contributed by atoms with Gasteiger partial charge in [0.2, 0.25) is 11.8 Å². The second kappa shape index (κ2) is 16.8. The summed E-state index contributed by atoms with van der Waals surface area (Å²) in [4.78, 5) is 56.4. The number of aryl methyl sites for hydroxylation is 2. The van der Waals surface area contributed by atoms with E-state index in [1.807, 2.05) is 73.6 Å². The highest BCUT2D eigenvalue weighted by Crippen LogP contribution is 2.68. The molecule has 5 atom stereocenters. The number of benzene rings is 1. The number of carbonyl (C=O) groups excluding carboxylic acids is 4. The highest BCUT2D eigenvalue weighted by atomic mass is 19.2. The number of Topliss-reactive ketones (excluding diaryl/α,β-unsaturated/α-hetero) is 2. The molecule has 3 N–H and O–H groups in total. The summed E-state index contributed by atoms with van der Waals surface area (Å²) < 4.78 is 54.9. The number of aromatic hydroxyl groups is 1. The lowest BCUT2D eigenvalue weighted by Gasteiger charge is -2.56. The third kappa shape index (κ3) is 7.52. The van der Waals surface area contributed by atoms with Crippen molar-refractivity contribution in [2.75, 3.05) is 13.1 Å². The molecule has 3 aliphatic carbocycles. The molecule has 2 fully saturated rings. The first-order chi connectivity index (χ1) is 32.5. The molecule has 6 heterocycles. The van der Waals surface area contributed by atoms with Crippen molar-refractivity contribution in [2.45, 2.75) is 137 Å². The van der Waals surface area contributed by atoms with E-state index < -0.39 is 52.9 Å². The molecule has 1 aromatic carbocycles. The number of fused-ring (bicyclic) bond motifs is 4. The van der Waals surface area contributed by atoms with Gasteiger partial charge in [0.15, 0.2) is 28.5 Å². The molecule has 1 saturated heterocycles. The quantitative estimate of drug-likeness (QED) is 0.0737. The standard InChI is InChI=1S/C54H63BF2N4O8/c1-30(2)12-11-21-52(10)22-20-38-45(63)44-46(64)40-27-35-28-42-51(8,9)69-53(49(35)65,54(40,42)68-48(44)39(47(38)67-52)17-13-31(3)4)23-19-32(5)50(66)59-25-24-58-43(62)18-16-36-14-15-37-29-41-33(6)26-34(7)60(41)55(56,57)61(36)37/h12-15,19-20,22,26-27,29,35,42,63H,11,16-18,21,23-25,28H2,1-10H3,(H,58,62)(H,59,66)/b32-19-. The lowest BCUT2D eigenvalue weighted by molar-refractivity contribution is -0.362. The molecule has 1 aromatic heterocycles. The molecular formula is C54H63BF2N4O8. The third-order valence-electron chi connectivity index (χ3n) is 15.3. The van der Waals surface area contributed by atoms with E-state index in [1.54, 1.807) is 50.3 Å². The number of nitrogens with zero attached hydrogens (tertiary/aromatic N) is 2. The van der Waals surface area contributed by atoms with Gasteiger partial charge in [0.05, 0.1) is 11.2 Å². The van der Waals surface area contributed by atoms with Crippen LogP contribution in [0.2, 0.25) is 0 Å². The lowest BCUT2D eigenvalue weighted by Crippen LogP contribution is -2.72. The van der Waals surface area contributed by atoms with Crippen molar-refractivity contribution in [1.29, 1.82) is 0 Å². The largest absolute Gasteiger partial charge is 0.737 e. The average molecular weight is 945 g/mol. The van der Waals surface area contributed by atoms with Crippen molar-refractivity contribution in [3.63, 3.8) is 0 Å². The lowest BCUT2D eigenvalue weighted by atomic mass is 9.51. The maximum Gasteiger partial charge on any atom is 0.737 e. The van der Waals surface area contributed by atoms with Crippen LogP contribution < -0.4 is 20.1 Å². The van der Waals surface area contributed by atoms with Gasteiger partial charge >= 0.3 is 6.97 Å². The highest BCUT2D eigenvalue weighted by Gasteiger charge is 2.81. The van der Waals surface area contributed by atoms with Crippen LogP contribution in [0.15, 0.2) is 76.6 Å². The van der Waals surface area contributed by atoms with Crippen LogP contribution in [0.25, 0.3) is 12.2 Å². The number of rotatable bonds is 14. The van der Waals surface area contributed by atoms with Gasteiger partial charge in [0.1, 0.15) is 34.1 Å². The predicted molar refractivity (Wildman–Crippen MR) is 262 cm³/mol. The van der Waals surface area contributed by atoms with Crippen LogP contribution in [0, 0.1) is 25.7 Å². The molecule has 5 unspecified atom stereocenters. The fourth-order valence-electron chi connectivity index (χ4n) is 11.9. The van der Waals surface area contributed by atoms with Gasteiger partial charge in [-0.15, -0.1) is 0 Å². The zero-order valence-electron chi connectivity index (χ0n) is 41.3. The van der Waals surface area contributed by atoms with E-state index in [9.17, 15) is 19.5 Å². The monoisotopic (exact) mass is 944 g/mol. The molecule has 8 aliphatic rings. The molecule has 2 aromatic rings. The fourth-order valence-corrected chi connectivity index (χ4v) is 11.9. The third-order valence-corrected chi connectivity index (χ3v) is 15.3. The number of allylic oxidation sites excluding steroid dienone is 7. The van der Waals surface area contributed by atoms with Crippen molar-refractivity contribution in [3.05, 3.63) is 110 Å². The Balaban J connectivity index is 0.929. The minimum atomic E-state index is -4.14. The Hall–Kier alpha value is -6.09. The number of nitrogens with one attached hydrogen (secondary N) is 2. The molecular weight excluding hydrogens is 881 g/mol. The van der Waals surface area contributed by atoms with Crippen LogP contribution in [0.5, 0.6) is 17.2 Å². The maximum atomic E-state index is 15.9. The van der Waals surface area contributed by atoms with E-state index in [4.69, 9.17) is 14.2 Å². The molecule has 10 rings (SSSR count). The Kier molecular flexibility index (Phi) is 11.7. The SMILES string of the molecule is CC(C)=CCCC1(C)C=Cc2c(O)c3c(c(CC=C(C)C)c2O1)OC12C(=CC4CC1C(C)(C)OC2(C/C=C(/C)C(=O)NCCNC(=O)CCC1=[N+]2C(=Cc5c(C)cc(C)n5[B-]2(F)F)C=C1)C4=O)C3=O. The Morgan fingerprint density at radius 3 is 2.42 bits per heavy atom. The fraction of sp³-hybridized carbons (Fsp3) is 0.463. The van der Waals surface area contributed by atoms with Crippen molar-refractivity contribution in [1.82, 2.24) is 15.1 Å². The smallest absolute Gasteiger partial charge is 0.506 e. The summed E-state index contributed by atoms with van der Waals surface area (Å²) in [5.74, 6) is -2.19. The van der Waals surface area contributed by atoms with E-state index in [-0.39, 0.29) is 72.3 Å². The number of hydrogen-bond donors (Lipinski definition) is 3. The van der Waals surface area contributed by atoms with Gasteiger partial charge in [-0.05, 0) is 124 Å². The van der Waals surface area contributed by atoms with Crippen molar-refractivity contribution >= 4 is 48.2 Å². The number of phenolic OH excluding ortho intramolecular Hbond substituents is 1. The first kappa shape index (κ1) is 48.0. The zero-order chi connectivity index (χ0) is 49.7. The second-order valence-corrected chi connectivity index (χ2v) is 21.1. The molecule has 1 saturated carbocycles. The zero-order valence-corrected chi connectivity index (χ0v) is 41.3. The Bertz CT molecular complexity index is 2900. The topological polar surface area (TPSA) is 148 Å². The van der Waals surface area contributed by atoms with Crippen LogP contribution in [-0.2, 0) is 25.5 Å². The minimum absolute atomic E-state index is 0.0283. The van der Waals surface area contributed by atoms with Gasteiger partial charge < -0.3 is 47.5 Å². The van der Waals surface area contributed by atoms with Gasteiger partial charge in [-0.3, -0.25) is 19.2 Å². The first-order valence-electron chi connectivity index (χ1n) is 24.2. The van der Waals surface area contributed by atoms with E-state index >= 15 is 13.4 Å². The van der Waals surface area contributed by atoms with Crippen LogP contribution in [0.4, 0.5) is 8.63 Å². The number of ether oxygens (including phenoxy) is 3. The van der Waals surface area contributed by atoms with Crippen LogP contribution in [-0.4, -0.2) is 85.6 Å². The molecule has 4 bridgehead atoms. The number of amides is 2. The molecule has 12 nitrogen and oxygen atoms in total. The number of halogens is 2. The van der Waals surface area contributed by atoms with Gasteiger partial charge in [0.25, 0.3) is 0 Å². The van der Waals surface area contributed by atoms with Crippen molar-refractivity contribution in [2.24, 2.45) is 11.8 Å². The van der Waals surface area contributed by atoms with E-state index in [2.05, 4.69) is 16.7 Å². The van der Waals surface area contributed by atoms with Crippen LogP contribution >= 0.6 is 0 Å². The minimum Gasteiger partial charge on any atom is -0.506 e. The normalized spacial score (nSPS) is 27.0. The Labute approximate surface area is 402 Å². The summed E-state index contributed by atoms with van der Waals surface area (Å²) in [6.45, 7) is 15.0. The predicted octanol–water partition coefficient (Wildman–Crippen LogP) is 8.89. The molecule has 364 valence electrons. The van der Waals surface area contributed by atoms with Crippen molar-refractivity contribution < 1.29 is 51.6 Å². The Morgan fingerprint density at radius 2 is 1.70 bits per heavy atom.